The number of hydrogen-bond donors (Lipinski definition) is 0. The highest BCUT2D eigenvalue weighted by Gasteiger charge is 2.40. The molecule has 0 fully saturated rings. The van der Waals surface area contributed by atoms with E-state index in [4.69, 9.17) is 4.74 Å². The second kappa shape index (κ2) is 18.5. The van der Waals surface area contributed by atoms with Crippen LogP contribution >= 0.6 is 0 Å². The van der Waals surface area contributed by atoms with Crippen molar-refractivity contribution in [2.24, 2.45) is 0 Å². The van der Waals surface area contributed by atoms with Crippen LogP contribution in [0.2, 0.25) is 0 Å². The van der Waals surface area contributed by atoms with Crippen LogP contribution in [0.25, 0.3) is 0 Å². The number of fused-ring (bicyclic) bond motifs is 2. The van der Waals surface area contributed by atoms with Crippen LogP contribution in [0, 0.1) is 0 Å². The van der Waals surface area contributed by atoms with Crippen LogP contribution in [0.5, 0.6) is 11.5 Å². The van der Waals surface area contributed by atoms with Gasteiger partial charge in [-0.3, -0.25) is 0 Å². The Balaban J connectivity index is 1.54. The minimum Gasteiger partial charge on any atom is -0.457 e. The van der Waals surface area contributed by atoms with E-state index in [1.54, 1.807) is 0 Å². The summed E-state index contributed by atoms with van der Waals surface area (Å²) in [7, 11) is 0. The Bertz CT molecular complexity index is 797. The Labute approximate surface area is 236 Å². The highest BCUT2D eigenvalue weighted by molar-refractivity contribution is 5.57. The first-order valence-electron chi connectivity index (χ1n) is 16.7. The van der Waals surface area contributed by atoms with Gasteiger partial charge in [0.05, 0.1) is 0 Å². The number of benzene rings is 2. The van der Waals surface area contributed by atoms with E-state index in [2.05, 4.69) is 62.4 Å². The lowest BCUT2D eigenvalue weighted by Gasteiger charge is -2.41. The fourth-order valence-electron chi connectivity index (χ4n) is 6.66. The normalized spacial score (nSPS) is 13.6. The molecule has 0 saturated heterocycles. The van der Waals surface area contributed by atoms with E-state index in [9.17, 15) is 0 Å². The second-order valence-corrected chi connectivity index (χ2v) is 12.0. The van der Waals surface area contributed by atoms with Gasteiger partial charge < -0.3 is 4.74 Å². The number of hydrogen-bond acceptors (Lipinski definition) is 1. The smallest absolute Gasteiger partial charge is 0.131 e. The molecule has 3 rings (SSSR count). The number of para-hydroxylation sites is 2. The van der Waals surface area contributed by atoms with Gasteiger partial charge in [0.25, 0.3) is 0 Å². The summed E-state index contributed by atoms with van der Waals surface area (Å²) in [6, 6.07) is 17.8. The summed E-state index contributed by atoms with van der Waals surface area (Å²) in [5, 5.41) is 0. The van der Waals surface area contributed by atoms with Gasteiger partial charge in [-0.15, -0.1) is 0 Å². The lowest BCUT2D eigenvalue weighted by molar-refractivity contribution is 0.336. The van der Waals surface area contributed by atoms with Crippen LogP contribution in [-0.4, -0.2) is 0 Å². The molecule has 1 heterocycles. The van der Waals surface area contributed by atoms with Gasteiger partial charge >= 0.3 is 0 Å². The van der Waals surface area contributed by atoms with E-state index in [-0.39, 0.29) is 5.41 Å². The molecular formula is C37H58O. The van der Waals surface area contributed by atoms with Gasteiger partial charge in [0.15, 0.2) is 0 Å². The van der Waals surface area contributed by atoms with Crippen LogP contribution in [0.3, 0.4) is 0 Å². The summed E-state index contributed by atoms with van der Waals surface area (Å²) >= 11 is 0. The molecule has 1 nitrogen and oxygen atoms in total. The third kappa shape index (κ3) is 9.77. The van der Waals surface area contributed by atoms with Crippen LogP contribution in [0.1, 0.15) is 166 Å². The van der Waals surface area contributed by atoms with Crippen molar-refractivity contribution >= 4 is 0 Å². The molecular weight excluding hydrogens is 460 g/mol. The second-order valence-electron chi connectivity index (χ2n) is 12.0. The highest BCUT2D eigenvalue weighted by atomic mass is 16.5. The van der Waals surface area contributed by atoms with Crippen molar-refractivity contribution in [2.45, 2.75) is 161 Å². The van der Waals surface area contributed by atoms with Crippen molar-refractivity contribution in [1.82, 2.24) is 0 Å². The first-order chi connectivity index (χ1) is 18.8. The summed E-state index contributed by atoms with van der Waals surface area (Å²) in [5.41, 5.74) is 2.97. The van der Waals surface area contributed by atoms with Crippen molar-refractivity contribution < 1.29 is 4.74 Å². The van der Waals surface area contributed by atoms with E-state index < -0.39 is 0 Å². The molecule has 0 unspecified atom stereocenters. The lowest BCUT2D eigenvalue weighted by atomic mass is 9.66. The third-order valence-corrected chi connectivity index (χ3v) is 8.94. The summed E-state index contributed by atoms with van der Waals surface area (Å²) < 4.78 is 6.43. The van der Waals surface area contributed by atoms with E-state index in [1.807, 2.05) is 0 Å². The Morgan fingerprint density at radius 1 is 0.421 bits per heavy atom. The van der Waals surface area contributed by atoms with Crippen LogP contribution in [-0.2, 0) is 5.41 Å². The van der Waals surface area contributed by atoms with Crippen molar-refractivity contribution in [2.75, 3.05) is 0 Å². The molecule has 0 radical (unpaired) electrons. The van der Waals surface area contributed by atoms with Crippen LogP contribution in [0.4, 0.5) is 0 Å². The van der Waals surface area contributed by atoms with Crippen molar-refractivity contribution in [3.8, 4) is 11.5 Å². The first-order valence-corrected chi connectivity index (χ1v) is 16.7. The summed E-state index contributed by atoms with van der Waals surface area (Å²) in [6.07, 6.45) is 30.4. The maximum atomic E-state index is 6.43. The lowest BCUT2D eigenvalue weighted by Crippen LogP contribution is -2.31. The zero-order valence-corrected chi connectivity index (χ0v) is 25.1. The van der Waals surface area contributed by atoms with Gasteiger partial charge in [0.1, 0.15) is 11.5 Å². The molecule has 2 aromatic carbocycles. The highest BCUT2D eigenvalue weighted by Crippen LogP contribution is 2.53. The average Bonchev–Trinajstić information content (AvgIpc) is 2.95. The van der Waals surface area contributed by atoms with Gasteiger partial charge in [-0.2, -0.15) is 0 Å². The SMILES string of the molecule is CCCCCCCCCCCCC1(CCCCCCCCCCCC)c2ccccc2Oc2ccccc21. The predicted octanol–water partition coefficient (Wildman–Crippen LogP) is 12.7. The molecule has 1 heteroatoms. The Morgan fingerprint density at radius 2 is 0.737 bits per heavy atom. The van der Waals surface area contributed by atoms with Gasteiger partial charge in [-0.25, -0.2) is 0 Å². The summed E-state index contributed by atoms with van der Waals surface area (Å²) in [6.45, 7) is 4.61. The molecule has 0 aliphatic carbocycles. The molecule has 0 saturated carbocycles. The predicted molar refractivity (Wildman–Crippen MR) is 167 cm³/mol. The monoisotopic (exact) mass is 518 g/mol. The van der Waals surface area contributed by atoms with E-state index in [1.165, 1.54) is 152 Å². The molecule has 0 bridgehead atoms. The molecule has 0 amide bonds. The minimum atomic E-state index is 0.103. The van der Waals surface area contributed by atoms with E-state index in [0.717, 1.165) is 11.5 Å². The van der Waals surface area contributed by atoms with Gasteiger partial charge in [-0.05, 0) is 25.0 Å². The maximum absolute atomic E-state index is 6.43. The Morgan fingerprint density at radius 3 is 1.11 bits per heavy atom. The zero-order chi connectivity index (χ0) is 26.7. The van der Waals surface area contributed by atoms with Crippen LogP contribution < -0.4 is 4.74 Å². The molecule has 2 aromatic rings. The molecule has 0 N–H and O–H groups in total. The van der Waals surface area contributed by atoms with Gasteiger partial charge in [0.2, 0.25) is 0 Å². The first kappa shape index (κ1) is 30.8. The van der Waals surface area contributed by atoms with Gasteiger partial charge in [-0.1, -0.05) is 179 Å². The molecule has 212 valence electrons. The average molecular weight is 519 g/mol. The Kier molecular flexibility index (Phi) is 15.0. The topological polar surface area (TPSA) is 9.23 Å². The fourth-order valence-corrected chi connectivity index (χ4v) is 6.66. The summed E-state index contributed by atoms with van der Waals surface area (Å²) in [4.78, 5) is 0. The molecule has 1 aliphatic rings. The number of unbranched alkanes of at least 4 members (excludes halogenated alkanes) is 18. The maximum Gasteiger partial charge on any atom is 0.131 e. The molecule has 38 heavy (non-hydrogen) atoms. The molecule has 0 atom stereocenters. The molecule has 1 aliphatic heterocycles. The van der Waals surface area contributed by atoms with Crippen molar-refractivity contribution in [3.63, 3.8) is 0 Å². The molecule has 0 aromatic heterocycles. The van der Waals surface area contributed by atoms with Crippen LogP contribution in [0.15, 0.2) is 48.5 Å². The quantitative estimate of drug-likeness (QED) is 0.141. The fraction of sp³-hybridized carbons (Fsp3) is 0.676. The van der Waals surface area contributed by atoms with E-state index in [0.29, 0.717) is 0 Å². The summed E-state index contributed by atoms with van der Waals surface area (Å²) in [5.74, 6) is 2.18. The Hall–Kier alpha value is -1.76. The van der Waals surface area contributed by atoms with Gasteiger partial charge in [0, 0.05) is 16.5 Å². The minimum absolute atomic E-state index is 0.103. The largest absolute Gasteiger partial charge is 0.457 e. The van der Waals surface area contributed by atoms with E-state index >= 15 is 0 Å². The molecule has 0 spiro atoms. The third-order valence-electron chi connectivity index (χ3n) is 8.94. The zero-order valence-electron chi connectivity index (χ0n) is 25.1. The van der Waals surface area contributed by atoms with Crippen molar-refractivity contribution in [3.05, 3.63) is 59.7 Å². The van der Waals surface area contributed by atoms with Crippen molar-refractivity contribution in [1.29, 1.82) is 0 Å². The number of rotatable bonds is 22. The number of ether oxygens (including phenoxy) is 1. The standard InChI is InChI=1S/C37H58O/c1-3-5-7-9-11-13-15-17-19-25-31-37(32-26-20-18-16-14-12-10-8-6-4-2)33-27-21-23-29-35(33)38-36-30-24-22-28-34(36)37/h21-24,27-30H,3-20,25-26,31-32H2,1-2H3.